The quantitative estimate of drug-likeness (QED) is 0.824. The highest BCUT2D eigenvalue weighted by Gasteiger charge is 2.02. The average molecular weight is 225 g/mol. The van der Waals surface area contributed by atoms with Gasteiger partial charge in [-0.3, -0.25) is 0 Å². The monoisotopic (exact) mass is 225 g/mol. The van der Waals surface area contributed by atoms with Crippen LogP contribution in [0.2, 0.25) is 0 Å². The van der Waals surface area contributed by atoms with Crippen molar-refractivity contribution in [2.45, 2.75) is 27.3 Å². The third kappa shape index (κ3) is 2.68. The van der Waals surface area contributed by atoms with Crippen LogP contribution in [0.25, 0.3) is 0 Å². The molecule has 0 fully saturated rings. The summed E-state index contributed by atoms with van der Waals surface area (Å²) in [6, 6.07) is 14.9. The van der Waals surface area contributed by atoms with Crippen molar-refractivity contribution in [1.29, 1.82) is 0 Å². The van der Waals surface area contributed by atoms with Gasteiger partial charge in [-0.2, -0.15) is 0 Å². The first-order valence-corrected chi connectivity index (χ1v) is 6.03. The van der Waals surface area contributed by atoms with Gasteiger partial charge in [0.1, 0.15) is 0 Å². The molecule has 0 radical (unpaired) electrons. The lowest BCUT2D eigenvalue weighted by molar-refractivity contribution is 1.10. The van der Waals surface area contributed by atoms with E-state index >= 15 is 0 Å². The lowest BCUT2D eigenvalue weighted by Gasteiger charge is -2.13. The molecule has 0 atom stereocenters. The van der Waals surface area contributed by atoms with Crippen LogP contribution in [0, 0.1) is 20.8 Å². The summed E-state index contributed by atoms with van der Waals surface area (Å²) in [4.78, 5) is 0. The summed E-state index contributed by atoms with van der Waals surface area (Å²) < 4.78 is 0. The third-order valence-electron chi connectivity index (χ3n) is 3.20. The molecule has 1 heteroatoms. The zero-order chi connectivity index (χ0) is 12.3. The van der Waals surface area contributed by atoms with Crippen molar-refractivity contribution >= 4 is 5.69 Å². The van der Waals surface area contributed by atoms with E-state index in [4.69, 9.17) is 0 Å². The highest BCUT2D eigenvalue weighted by Crippen LogP contribution is 2.20. The summed E-state index contributed by atoms with van der Waals surface area (Å²) in [5.74, 6) is 0. The maximum Gasteiger partial charge on any atom is 0.0403 e. The first kappa shape index (κ1) is 11.7. The lowest BCUT2D eigenvalue weighted by Crippen LogP contribution is -2.04. The topological polar surface area (TPSA) is 12.0 Å². The molecular weight excluding hydrogens is 206 g/mol. The molecule has 0 amide bonds. The Balaban J connectivity index is 2.16. The van der Waals surface area contributed by atoms with Gasteiger partial charge < -0.3 is 5.32 Å². The molecule has 1 N–H and O–H groups in total. The van der Waals surface area contributed by atoms with Gasteiger partial charge >= 0.3 is 0 Å². The standard InChI is InChI=1S/C16H19N/c1-12-7-4-5-10-15(12)11-17-16-13(2)8-6-9-14(16)3/h4-10,17H,11H2,1-3H3. The van der Waals surface area contributed by atoms with Gasteiger partial charge in [0.15, 0.2) is 0 Å². The van der Waals surface area contributed by atoms with Gasteiger partial charge in [-0.25, -0.2) is 0 Å². The van der Waals surface area contributed by atoms with Crippen LogP contribution in [0.5, 0.6) is 0 Å². The molecule has 17 heavy (non-hydrogen) atoms. The molecule has 2 rings (SSSR count). The fraction of sp³-hybridized carbons (Fsp3) is 0.250. The van der Waals surface area contributed by atoms with Crippen LogP contribution in [0.3, 0.4) is 0 Å². The predicted octanol–water partition coefficient (Wildman–Crippen LogP) is 4.22. The summed E-state index contributed by atoms with van der Waals surface area (Å²) >= 11 is 0. The van der Waals surface area contributed by atoms with Crippen molar-refractivity contribution in [3.63, 3.8) is 0 Å². The van der Waals surface area contributed by atoms with Gasteiger partial charge in [0.25, 0.3) is 0 Å². The second-order valence-electron chi connectivity index (χ2n) is 4.55. The number of benzene rings is 2. The summed E-state index contributed by atoms with van der Waals surface area (Å²) in [7, 11) is 0. The molecule has 88 valence electrons. The molecule has 0 aromatic heterocycles. The van der Waals surface area contributed by atoms with Crippen molar-refractivity contribution in [3.8, 4) is 0 Å². The number of nitrogens with one attached hydrogen (secondary N) is 1. The Kier molecular flexibility index (Phi) is 3.48. The molecule has 0 saturated carbocycles. The van der Waals surface area contributed by atoms with Gasteiger partial charge in [0.2, 0.25) is 0 Å². The Morgan fingerprint density at radius 2 is 1.35 bits per heavy atom. The number of anilines is 1. The predicted molar refractivity (Wildman–Crippen MR) is 74.4 cm³/mol. The second-order valence-corrected chi connectivity index (χ2v) is 4.55. The molecule has 2 aromatic carbocycles. The van der Waals surface area contributed by atoms with E-state index in [0.717, 1.165) is 6.54 Å². The first-order valence-electron chi connectivity index (χ1n) is 6.03. The summed E-state index contributed by atoms with van der Waals surface area (Å²) in [6.07, 6.45) is 0. The SMILES string of the molecule is Cc1ccccc1CNc1c(C)cccc1C. The number of para-hydroxylation sites is 1. The van der Waals surface area contributed by atoms with Crippen LogP contribution >= 0.6 is 0 Å². The maximum atomic E-state index is 3.54. The Morgan fingerprint density at radius 1 is 0.765 bits per heavy atom. The summed E-state index contributed by atoms with van der Waals surface area (Å²) in [6.45, 7) is 7.33. The van der Waals surface area contributed by atoms with Crippen LogP contribution in [0.15, 0.2) is 42.5 Å². The van der Waals surface area contributed by atoms with E-state index in [1.165, 1.54) is 27.9 Å². The van der Waals surface area contributed by atoms with Gasteiger partial charge in [-0.1, -0.05) is 42.5 Å². The highest BCUT2D eigenvalue weighted by molar-refractivity contribution is 5.56. The number of rotatable bonds is 3. The van der Waals surface area contributed by atoms with Crippen LogP contribution in [0.4, 0.5) is 5.69 Å². The minimum atomic E-state index is 0.887. The van der Waals surface area contributed by atoms with E-state index in [0.29, 0.717) is 0 Å². The van der Waals surface area contributed by atoms with E-state index in [1.54, 1.807) is 0 Å². The van der Waals surface area contributed by atoms with Crippen LogP contribution in [-0.2, 0) is 6.54 Å². The van der Waals surface area contributed by atoms with Gasteiger partial charge in [0.05, 0.1) is 0 Å². The lowest BCUT2D eigenvalue weighted by atomic mass is 10.1. The summed E-state index contributed by atoms with van der Waals surface area (Å²) in [5.41, 5.74) is 6.56. The van der Waals surface area contributed by atoms with Crippen LogP contribution in [0.1, 0.15) is 22.3 Å². The first-order chi connectivity index (χ1) is 8.18. The van der Waals surface area contributed by atoms with E-state index in [9.17, 15) is 0 Å². The van der Waals surface area contributed by atoms with Gasteiger partial charge in [-0.15, -0.1) is 0 Å². The van der Waals surface area contributed by atoms with Crippen molar-refractivity contribution in [3.05, 3.63) is 64.7 Å². The Morgan fingerprint density at radius 3 is 2.00 bits per heavy atom. The molecule has 1 nitrogen and oxygen atoms in total. The van der Waals surface area contributed by atoms with E-state index in [2.05, 4.69) is 68.6 Å². The molecule has 0 unspecified atom stereocenters. The van der Waals surface area contributed by atoms with Crippen molar-refractivity contribution in [2.24, 2.45) is 0 Å². The normalized spacial score (nSPS) is 10.3. The van der Waals surface area contributed by atoms with Crippen LogP contribution in [-0.4, -0.2) is 0 Å². The highest BCUT2D eigenvalue weighted by atomic mass is 14.9. The largest absolute Gasteiger partial charge is 0.381 e. The summed E-state index contributed by atoms with van der Waals surface area (Å²) in [5, 5.41) is 3.54. The fourth-order valence-corrected chi connectivity index (χ4v) is 2.09. The van der Waals surface area contributed by atoms with E-state index in [1.807, 2.05) is 0 Å². The molecule has 0 heterocycles. The Labute approximate surface area is 103 Å². The van der Waals surface area contributed by atoms with Gasteiger partial charge in [-0.05, 0) is 43.0 Å². The van der Waals surface area contributed by atoms with Gasteiger partial charge in [0, 0.05) is 12.2 Å². The molecule has 0 spiro atoms. The van der Waals surface area contributed by atoms with Crippen molar-refractivity contribution in [1.82, 2.24) is 0 Å². The van der Waals surface area contributed by atoms with Crippen LogP contribution < -0.4 is 5.32 Å². The smallest absolute Gasteiger partial charge is 0.0403 e. The average Bonchev–Trinajstić information content (AvgIpc) is 2.30. The van der Waals surface area contributed by atoms with Crippen molar-refractivity contribution in [2.75, 3.05) is 5.32 Å². The second kappa shape index (κ2) is 5.05. The molecule has 2 aromatic rings. The number of hydrogen-bond donors (Lipinski definition) is 1. The van der Waals surface area contributed by atoms with Crippen molar-refractivity contribution < 1.29 is 0 Å². The van der Waals surface area contributed by atoms with E-state index < -0.39 is 0 Å². The Hall–Kier alpha value is -1.76. The molecular formula is C16H19N. The molecule has 0 bridgehead atoms. The fourth-order valence-electron chi connectivity index (χ4n) is 2.09. The number of hydrogen-bond acceptors (Lipinski definition) is 1. The molecule has 0 aliphatic rings. The zero-order valence-electron chi connectivity index (χ0n) is 10.7. The third-order valence-corrected chi connectivity index (χ3v) is 3.20. The zero-order valence-corrected chi connectivity index (χ0v) is 10.7. The maximum absolute atomic E-state index is 3.54. The minimum Gasteiger partial charge on any atom is -0.381 e. The molecule has 0 aliphatic heterocycles. The molecule has 0 saturated heterocycles. The minimum absolute atomic E-state index is 0.887. The molecule has 0 aliphatic carbocycles. The Bertz CT molecular complexity index is 494. The number of aryl methyl sites for hydroxylation is 3. The van der Waals surface area contributed by atoms with E-state index in [-0.39, 0.29) is 0 Å².